The van der Waals surface area contributed by atoms with Gasteiger partial charge < -0.3 is 19.5 Å². The van der Waals surface area contributed by atoms with Crippen molar-refractivity contribution in [1.82, 2.24) is 5.32 Å². The molecule has 0 unspecified atom stereocenters. The topological polar surface area (TPSA) is 56.8 Å². The molecule has 5 nitrogen and oxygen atoms in total. The molecule has 4 aromatic rings. The fourth-order valence-corrected chi connectivity index (χ4v) is 3.69. The molecule has 0 spiro atoms. The monoisotopic (exact) mass is 453 g/mol. The van der Waals surface area contributed by atoms with Crippen LogP contribution in [0.2, 0.25) is 0 Å². The molecule has 4 aromatic carbocycles. The lowest BCUT2D eigenvalue weighted by Gasteiger charge is -2.13. The van der Waals surface area contributed by atoms with E-state index in [0.717, 1.165) is 33.8 Å². The molecule has 0 fully saturated rings. The minimum absolute atomic E-state index is 0.179. The highest BCUT2D eigenvalue weighted by atomic mass is 16.5. The van der Waals surface area contributed by atoms with Crippen LogP contribution in [0.15, 0.2) is 97.1 Å². The van der Waals surface area contributed by atoms with E-state index in [0.29, 0.717) is 17.9 Å². The van der Waals surface area contributed by atoms with Gasteiger partial charge in [0.05, 0.1) is 14.2 Å². The molecular formula is C29H27NO4. The summed E-state index contributed by atoms with van der Waals surface area (Å²) in [5, 5.41) is 2.95. The number of carbonyl (C=O) groups excluding carboxylic acids is 1. The smallest absolute Gasteiger partial charge is 0.251 e. The molecule has 0 aromatic heterocycles. The van der Waals surface area contributed by atoms with Gasteiger partial charge in [0.25, 0.3) is 5.91 Å². The highest BCUT2D eigenvalue weighted by Gasteiger charge is 2.12. The maximum absolute atomic E-state index is 12.8. The first kappa shape index (κ1) is 22.9. The van der Waals surface area contributed by atoms with E-state index in [1.54, 1.807) is 32.4 Å². The van der Waals surface area contributed by atoms with E-state index in [-0.39, 0.29) is 12.5 Å². The maximum atomic E-state index is 12.8. The average Bonchev–Trinajstić information content (AvgIpc) is 2.91. The molecule has 5 heteroatoms. The van der Waals surface area contributed by atoms with Gasteiger partial charge in [-0.15, -0.1) is 0 Å². The van der Waals surface area contributed by atoms with Gasteiger partial charge in [-0.05, 0) is 47.5 Å². The third-order valence-electron chi connectivity index (χ3n) is 5.53. The van der Waals surface area contributed by atoms with Crippen molar-refractivity contribution < 1.29 is 19.0 Å². The molecule has 1 N–H and O–H groups in total. The van der Waals surface area contributed by atoms with Crippen molar-refractivity contribution in [3.8, 4) is 28.4 Å². The van der Waals surface area contributed by atoms with E-state index >= 15 is 0 Å². The number of carbonyl (C=O) groups is 1. The number of para-hydroxylation sites is 1. The lowest BCUT2D eigenvalue weighted by atomic mass is 10.1. The van der Waals surface area contributed by atoms with Crippen molar-refractivity contribution in [2.75, 3.05) is 14.2 Å². The minimum Gasteiger partial charge on any atom is -0.496 e. The number of methoxy groups -OCH3 is 2. The predicted octanol–water partition coefficient (Wildman–Crippen LogP) is 5.88. The van der Waals surface area contributed by atoms with Gasteiger partial charge in [-0.3, -0.25) is 4.79 Å². The maximum Gasteiger partial charge on any atom is 0.251 e. The van der Waals surface area contributed by atoms with Gasteiger partial charge in [0, 0.05) is 23.2 Å². The van der Waals surface area contributed by atoms with Crippen molar-refractivity contribution in [3.05, 3.63) is 114 Å². The molecule has 0 aliphatic carbocycles. The number of amides is 1. The molecule has 0 atom stereocenters. The molecule has 4 rings (SSSR count). The number of hydrogen-bond acceptors (Lipinski definition) is 4. The summed E-state index contributed by atoms with van der Waals surface area (Å²) in [6.07, 6.45) is 0. The van der Waals surface area contributed by atoms with E-state index < -0.39 is 0 Å². The summed E-state index contributed by atoms with van der Waals surface area (Å²) in [6.45, 7) is 0.649. The molecule has 34 heavy (non-hydrogen) atoms. The number of rotatable bonds is 9. The van der Waals surface area contributed by atoms with Crippen LogP contribution in [0.1, 0.15) is 21.5 Å². The summed E-state index contributed by atoms with van der Waals surface area (Å²) >= 11 is 0. The Bertz CT molecular complexity index is 1240. The first-order valence-electron chi connectivity index (χ1n) is 11.0. The first-order chi connectivity index (χ1) is 16.7. The quantitative estimate of drug-likeness (QED) is 0.344. The van der Waals surface area contributed by atoms with Crippen molar-refractivity contribution in [2.24, 2.45) is 0 Å². The standard InChI is InChI=1S/C29H27NO4/c1-32-27-11-7-6-10-24(27)19-30-29(31)23-14-17-28(33-2)25(18-23)20-34-26-15-12-22(13-16-26)21-8-4-3-5-9-21/h3-18H,19-20H2,1-2H3,(H,30,31). The Hall–Kier alpha value is -4.25. The molecule has 0 saturated heterocycles. The minimum atomic E-state index is -0.179. The zero-order valence-electron chi connectivity index (χ0n) is 19.3. The van der Waals surface area contributed by atoms with Gasteiger partial charge in [0.15, 0.2) is 0 Å². The third kappa shape index (κ3) is 5.56. The van der Waals surface area contributed by atoms with Gasteiger partial charge in [0.1, 0.15) is 23.9 Å². The third-order valence-corrected chi connectivity index (χ3v) is 5.53. The van der Waals surface area contributed by atoms with Crippen LogP contribution in [0.4, 0.5) is 0 Å². The lowest BCUT2D eigenvalue weighted by molar-refractivity contribution is 0.0950. The molecule has 0 heterocycles. The Morgan fingerprint density at radius 1 is 0.706 bits per heavy atom. The molecule has 1 amide bonds. The number of hydrogen-bond donors (Lipinski definition) is 1. The second kappa shape index (κ2) is 11.1. The number of nitrogens with one attached hydrogen (secondary N) is 1. The Morgan fingerprint density at radius 3 is 2.09 bits per heavy atom. The van der Waals surface area contributed by atoms with Crippen LogP contribution in [-0.4, -0.2) is 20.1 Å². The summed E-state index contributed by atoms with van der Waals surface area (Å²) < 4.78 is 16.8. The van der Waals surface area contributed by atoms with Crippen LogP contribution in [0.3, 0.4) is 0 Å². The fraction of sp³-hybridized carbons (Fsp3) is 0.138. The Balaban J connectivity index is 1.42. The van der Waals surface area contributed by atoms with Crippen LogP contribution in [-0.2, 0) is 13.2 Å². The lowest BCUT2D eigenvalue weighted by Crippen LogP contribution is -2.23. The summed E-state index contributed by atoms with van der Waals surface area (Å²) in [7, 11) is 3.22. The summed E-state index contributed by atoms with van der Waals surface area (Å²) in [6, 6.07) is 31.1. The highest BCUT2D eigenvalue weighted by molar-refractivity contribution is 5.94. The normalized spacial score (nSPS) is 10.4. The van der Waals surface area contributed by atoms with E-state index in [1.165, 1.54) is 0 Å². The molecule has 0 radical (unpaired) electrons. The fourth-order valence-electron chi connectivity index (χ4n) is 3.69. The van der Waals surface area contributed by atoms with Crippen molar-refractivity contribution >= 4 is 5.91 Å². The summed E-state index contributed by atoms with van der Waals surface area (Å²) in [4.78, 5) is 12.8. The second-order valence-corrected chi connectivity index (χ2v) is 7.70. The average molecular weight is 454 g/mol. The zero-order chi connectivity index (χ0) is 23.8. The predicted molar refractivity (Wildman–Crippen MR) is 133 cm³/mol. The number of ether oxygens (including phenoxy) is 3. The van der Waals surface area contributed by atoms with E-state index in [9.17, 15) is 4.79 Å². The van der Waals surface area contributed by atoms with E-state index in [4.69, 9.17) is 14.2 Å². The van der Waals surface area contributed by atoms with E-state index in [1.807, 2.05) is 66.7 Å². The van der Waals surface area contributed by atoms with Gasteiger partial charge in [-0.2, -0.15) is 0 Å². The molecule has 172 valence electrons. The van der Waals surface area contributed by atoms with Crippen LogP contribution in [0.5, 0.6) is 17.2 Å². The van der Waals surface area contributed by atoms with Crippen LogP contribution in [0.25, 0.3) is 11.1 Å². The Labute approximate surface area is 199 Å². The molecule has 0 bridgehead atoms. The first-order valence-corrected chi connectivity index (χ1v) is 11.0. The Morgan fingerprint density at radius 2 is 1.35 bits per heavy atom. The van der Waals surface area contributed by atoms with Gasteiger partial charge in [0.2, 0.25) is 0 Å². The van der Waals surface area contributed by atoms with Crippen molar-refractivity contribution in [2.45, 2.75) is 13.2 Å². The van der Waals surface area contributed by atoms with Crippen LogP contribution >= 0.6 is 0 Å². The zero-order valence-corrected chi connectivity index (χ0v) is 19.3. The van der Waals surface area contributed by atoms with Crippen LogP contribution < -0.4 is 19.5 Å². The molecule has 0 saturated carbocycles. The largest absolute Gasteiger partial charge is 0.496 e. The molecule has 0 aliphatic rings. The molecular weight excluding hydrogens is 426 g/mol. The van der Waals surface area contributed by atoms with Gasteiger partial charge in [-0.25, -0.2) is 0 Å². The van der Waals surface area contributed by atoms with Crippen molar-refractivity contribution in [1.29, 1.82) is 0 Å². The number of benzene rings is 4. The van der Waals surface area contributed by atoms with Crippen molar-refractivity contribution in [3.63, 3.8) is 0 Å². The summed E-state index contributed by atoms with van der Waals surface area (Å²) in [5.41, 5.74) is 4.52. The SMILES string of the molecule is COc1ccccc1CNC(=O)c1ccc(OC)c(COc2ccc(-c3ccccc3)cc2)c1. The van der Waals surface area contributed by atoms with Gasteiger partial charge >= 0.3 is 0 Å². The molecule has 0 aliphatic heterocycles. The highest BCUT2D eigenvalue weighted by Crippen LogP contribution is 2.25. The second-order valence-electron chi connectivity index (χ2n) is 7.70. The van der Waals surface area contributed by atoms with Crippen LogP contribution in [0, 0.1) is 0 Å². The van der Waals surface area contributed by atoms with Gasteiger partial charge in [-0.1, -0.05) is 60.7 Å². The Kier molecular flexibility index (Phi) is 7.45. The summed E-state index contributed by atoms with van der Waals surface area (Å²) in [5.74, 6) is 1.97. The van der Waals surface area contributed by atoms with E-state index in [2.05, 4.69) is 17.4 Å².